The molecule has 3 aromatic rings. The van der Waals surface area contributed by atoms with Gasteiger partial charge in [0.05, 0.1) is 23.1 Å². The molecular formula is C20H17F3N4O2. The van der Waals surface area contributed by atoms with Gasteiger partial charge in [0.15, 0.2) is 0 Å². The van der Waals surface area contributed by atoms with Crippen LogP contribution in [0.3, 0.4) is 0 Å². The monoisotopic (exact) mass is 402 g/mol. The third-order valence-electron chi connectivity index (χ3n) is 4.81. The minimum atomic E-state index is -4.43. The van der Waals surface area contributed by atoms with Crippen LogP contribution in [0, 0.1) is 5.92 Å². The van der Waals surface area contributed by atoms with Crippen LogP contribution in [0.4, 0.5) is 18.9 Å². The van der Waals surface area contributed by atoms with Crippen molar-refractivity contribution in [1.29, 1.82) is 0 Å². The summed E-state index contributed by atoms with van der Waals surface area (Å²) in [6.07, 6.45) is -3.79. The first-order chi connectivity index (χ1) is 13.8. The van der Waals surface area contributed by atoms with Crippen molar-refractivity contribution < 1.29 is 22.8 Å². The molecule has 1 aromatic heterocycles. The quantitative estimate of drug-likeness (QED) is 0.611. The van der Waals surface area contributed by atoms with Crippen LogP contribution < -0.4 is 10.6 Å². The third-order valence-corrected chi connectivity index (χ3v) is 4.81. The highest BCUT2D eigenvalue weighted by Gasteiger charge is 2.46. The van der Waals surface area contributed by atoms with E-state index in [0.717, 1.165) is 29.0 Å². The number of benzene rings is 2. The molecule has 0 saturated heterocycles. The molecule has 29 heavy (non-hydrogen) atoms. The van der Waals surface area contributed by atoms with E-state index >= 15 is 0 Å². The fraction of sp³-hybridized carbons (Fsp3) is 0.250. The SMILES string of the molecule is O=C(CNC(=O)[C@H]1C[C@@H]1c1nc2ccccc2[nH]1)Nc1ccc(C(F)(F)F)cc1. The second kappa shape index (κ2) is 7.23. The van der Waals surface area contributed by atoms with E-state index in [1.807, 2.05) is 24.3 Å². The smallest absolute Gasteiger partial charge is 0.347 e. The summed E-state index contributed by atoms with van der Waals surface area (Å²) in [5.41, 5.74) is 1.17. The highest BCUT2D eigenvalue weighted by atomic mass is 19.4. The number of alkyl halides is 3. The van der Waals surface area contributed by atoms with Crippen LogP contribution in [0.1, 0.15) is 23.7 Å². The molecule has 1 aliphatic carbocycles. The number of imidazole rings is 1. The number of hydrogen-bond donors (Lipinski definition) is 3. The van der Waals surface area contributed by atoms with E-state index in [1.54, 1.807) is 0 Å². The number of hydrogen-bond acceptors (Lipinski definition) is 3. The van der Waals surface area contributed by atoms with Crippen LogP contribution in [-0.2, 0) is 15.8 Å². The molecule has 3 N–H and O–H groups in total. The van der Waals surface area contributed by atoms with Crippen molar-refractivity contribution in [3.63, 3.8) is 0 Å². The van der Waals surface area contributed by atoms with Crippen molar-refractivity contribution in [3.8, 4) is 0 Å². The van der Waals surface area contributed by atoms with E-state index in [2.05, 4.69) is 20.6 Å². The number of amides is 2. The maximum Gasteiger partial charge on any atom is 0.416 e. The topological polar surface area (TPSA) is 86.9 Å². The molecule has 2 amide bonds. The van der Waals surface area contributed by atoms with E-state index in [9.17, 15) is 22.8 Å². The number of carbonyl (C=O) groups is 2. The van der Waals surface area contributed by atoms with Gasteiger partial charge in [0, 0.05) is 17.5 Å². The van der Waals surface area contributed by atoms with Gasteiger partial charge in [-0.2, -0.15) is 13.2 Å². The maximum absolute atomic E-state index is 12.5. The Labute approximate surface area is 163 Å². The van der Waals surface area contributed by atoms with Crippen molar-refractivity contribution in [2.45, 2.75) is 18.5 Å². The Hall–Kier alpha value is -3.36. The number of para-hydroxylation sites is 2. The van der Waals surface area contributed by atoms with Gasteiger partial charge in [0.1, 0.15) is 5.82 Å². The van der Waals surface area contributed by atoms with Gasteiger partial charge in [0.2, 0.25) is 11.8 Å². The number of aromatic nitrogens is 2. The molecule has 2 aromatic carbocycles. The van der Waals surface area contributed by atoms with Gasteiger partial charge in [-0.1, -0.05) is 12.1 Å². The molecule has 0 bridgehead atoms. The van der Waals surface area contributed by atoms with E-state index < -0.39 is 17.6 Å². The molecule has 6 nitrogen and oxygen atoms in total. The lowest BCUT2D eigenvalue weighted by atomic mass is 10.2. The molecule has 150 valence electrons. The summed E-state index contributed by atoms with van der Waals surface area (Å²) in [7, 11) is 0. The van der Waals surface area contributed by atoms with Gasteiger partial charge < -0.3 is 15.6 Å². The largest absolute Gasteiger partial charge is 0.416 e. The molecule has 1 heterocycles. The first kappa shape index (κ1) is 19.0. The average Bonchev–Trinajstić information content (AvgIpc) is 3.37. The fourth-order valence-corrected chi connectivity index (χ4v) is 3.18. The third kappa shape index (κ3) is 4.23. The average molecular weight is 402 g/mol. The summed E-state index contributed by atoms with van der Waals surface area (Å²) < 4.78 is 37.6. The standard InChI is InChI=1S/C20H17F3N4O2/c21-20(22,23)11-5-7-12(8-6-11)25-17(28)10-24-19(29)14-9-13(14)18-26-15-3-1-2-4-16(15)27-18/h1-8,13-14H,9-10H2,(H,24,29)(H,25,28)(H,26,27)/t13-,14-/m0/s1. The summed E-state index contributed by atoms with van der Waals surface area (Å²) in [5, 5.41) is 5.02. The van der Waals surface area contributed by atoms with Gasteiger partial charge >= 0.3 is 6.18 Å². The Morgan fingerprint density at radius 3 is 2.52 bits per heavy atom. The molecule has 1 aliphatic rings. The number of H-pyrrole nitrogens is 1. The lowest BCUT2D eigenvalue weighted by Crippen LogP contribution is -2.34. The highest BCUT2D eigenvalue weighted by Crippen LogP contribution is 2.46. The summed E-state index contributed by atoms with van der Waals surface area (Å²) in [4.78, 5) is 31.9. The zero-order valence-electron chi connectivity index (χ0n) is 15.1. The molecule has 1 saturated carbocycles. The Bertz CT molecular complexity index is 1030. The number of carbonyl (C=O) groups excluding carboxylic acids is 2. The molecule has 9 heteroatoms. The number of nitrogens with one attached hydrogen (secondary N) is 3. The Morgan fingerprint density at radius 2 is 1.83 bits per heavy atom. The number of rotatable bonds is 5. The van der Waals surface area contributed by atoms with Crippen molar-refractivity contribution >= 4 is 28.5 Å². The molecule has 0 spiro atoms. The predicted molar refractivity (Wildman–Crippen MR) is 100 cm³/mol. The van der Waals surface area contributed by atoms with E-state index in [-0.39, 0.29) is 30.0 Å². The Balaban J connectivity index is 1.27. The lowest BCUT2D eigenvalue weighted by molar-refractivity contribution is -0.137. The zero-order chi connectivity index (χ0) is 20.6. The summed E-state index contributed by atoms with van der Waals surface area (Å²) in [6, 6.07) is 11.7. The first-order valence-corrected chi connectivity index (χ1v) is 9.01. The second-order valence-corrected chi connectivity index (χ2v) is 6.93. The van der Waals surface area contributed by atoms with Crippen LogP contribution in [0.15, 0.2) is 48.5 Å². The van der Waals surface area contributed by atoms with Gasteiger partial charge in [-0.05, 0) is 42.8 Å². The van der Waals surface area contributed by atoms with Gasteiger partial charge in [0.25, 0.3) is 0 Å². The summed E-state index contributed by atoms with van der Waals surface area (Å²) >= 11 is 0. The zero-order valence-corrected chi connectivity index (χ0v) is 15.1. The minimum Gasteiger partial charge on any atom is -0.347 e. The number of fused-ring (bicyclic) bond motifs is 1. The van der Waals surface area contributed by atoms with Crippen molar-refractivity contribution in [2.75, 3.05) is 11.9 Å². The Kier molecular flexibility index (Phi) is 4.73. The molecule has 4 rings (SSSR count). The van der Waals surface area contributed by atoms with Crippen molar-refractivity contribution in [1.82, 2.24) is 15.3 Å². The Morgan fingerprint density at radius 1 is 1.10 bits per heavy atom. The molecule has 2 atom stereocenters. The molecule has 1 fully saturated rings. The van der Waals surface area contributed by atoms with E-state index in [4.69, 9.17) is 0 Å². The number of nitrogens with zero attached hydrogens (tertiary/aromatic N) is 1. The first-order valence-electron chi connectivity index (χ1n) is 9.01. The van der Waals surface area contributed by atoms with Crippen LogP contribution in [0.2, 0.25) is 0 Å². The molecule has 0 aliphatic heterocycles. The number of aromatic amines is 1. The minimum absolute atomic E-state index is 0.0135. The molecule has 0 radical (unpaired) electrons. The predicted octanol–water partition coefficient (Wildman–Crippen LogP) is 3.44. The van der Waals surface area contributed by atoms with E-state index in [0.29, 0.717) is 6.42 Å². The molecular weight excluding hydrogens is 385 g/mol. The summed E-state index contributed by atoms with van der Waals surface area (Å²) in [6.45, 7) is -0.261. The van der Waals surface area contributed by atoms with Gasteiger partial charge in [-0.15, -0.1) is 0 Å². The lowest BCUT2D eigenvalue weighted by Gasteiger charge is -2.09. The number of halogens is 3. The maximum atomic E-state index is 12.5. The van der Waals surface area contributed by atoms with E-state index in [1.165, 1.54) is 12.1 Å². The van der Waals surface area contributed by atoms with Crippen LogP contribution in [0.5, 0.6) is 0 Å². The normalized spacial score (nSPS) is 18.4. The molecule has 0 unspecified atom stereocenters. The van der Waals surface area contributed by atoms with Gasteiger partial charge in [-0.3, -0.25) is 9.59 Å². The fourth-order valence-electron chi connectivity index (χ4n) is 3.18. The van der Waals surface area contributed by atoms with Crippen LogP contribution in [-0.4, -0.2) is 28.3 Å². The number of anilines is 1. The van der Waals surface area contributed by atoms with Crippen LogP contribution >= 0.6 is 0 Å². The highest BCUT2D eigenvalue weighted by molar-refractivity contribution is 5.95. The van der Waals surface area contributed by atoms with Crippen molar-refractivity contribution in [2.24, 2.45) is 5.92 Å². The summed E-state index contributed by atoms with van der Waals surface area (Å²) in [5.74, 6) is -0.285. The second-order valence-electron chi connectivity index (χ2n) is 6.93. The van der Waals surface area contributed by atoms with Crippen molar-refractivity contribution in [3.05, 3.63) is 59.9 Å². The van der Waals surface area contributed by atoms with Crippen LogP contribution in [0.25, 0.3) is 11.0 Å². The van der Waals surface area contributed by atoms with Gasteiger partial charge in [-0.25, -0.2) is 4.98 Å².